The monoisotopic (exact) mass is 269 g/mol. The molecule has 0 aliphatic carbocycles. The molecule has 1 aliphatic heterocycles. The van der Waals surface area contributed by atoms with Crippen molar-refractivity contribution in [3.8, 4) is 0 Å². The van der Waals surface area contributed by atoms with Gasteiger partial charge in [-0.2, -0.15) is 4.31 Å². The predicted octanol–water partition coefficient (Wildman–Crippen LogP) is 1.45. The van der Waals surface area contributed by atoms with E-state index in [0.29, 0.717) is 11.4 Å². The summed E-state index contributed by atoms with van der Waals surface area (Å²) in [5, 5.41) is 9.25. The van der Waals surface area contributed by atoms with Crippen LogP contribution in [0.4, 0.5) is 0 Å². The summed E-state index contributed by atoms with van der Waals surface area (Å²) in [6.45, 7) is 4.14. The lowest BCUT2D eigenvalue weighted by molar-refractivity contribution is 0.213. The Kier molecular flexibility index (Phi) is 3.75. The van der Waals surface area contributed by atoms with Gasteiger partial charge in [0.15, 0.2) is 0 Å². The molecule has 4 nitrogen and oxygen atoms in total. The normalized spacial score (nSPS) is 21.4. The van der Waals surface area contributed by atoms with Crippen LogP contribution in [0.1, 0.15) is 24.0 Å². The molecule has 2 rings (SSSR count). The molecule has 100 valence electrons. The van der Waals surface area contributed by atoms with Crippen molar-refractivity contribution < 1.29 is 13.5 Å². The quantitative estimate of drug-likeness (QED) is 0.903. The second-order valence-corrected chi connectivity index (χ2v) is 6.72. The molecule has 1 aromatic rings. The van der Waals surface area contributed by atoms with Crippen molar-refractivity contribution in [2.75, 3.05) is 13.2 Å². The molecule has 5 heteroatoms. The third-order valence-electron chi connectivity index (χ3n) is 3.45. The molecule has 1 aromatic carbocycles. The molecule has 0 aromatic heterocycles. The van der Waals surface area contributed by atoms with Crippen LogP contribution in [0.15, 0.2) is 23.1 Å². The van der Waals surface area contributed by atoms with E-state index in [2.05, 4.69) is 0 Å². The van der Waals surface area contributed by atoms with Gasteiger partial charge in [-0.1, -0.05) is 17.7 Å². The number of hydrogen-bond acceptors (Lipinski definition) is 3. The van der Waals surface area contributed by atoms with E-state index in [1.54, 1.807) is 6.07 Å². The Morgan fingerprint density at radius 2 is 2.11 bits per heavy atom. The highest BCUT2D eigenvalue weighted by atomic mass is 32.2. The highest BCUT2D eigenvalue weighted by molar-refractivity contribution is 7.89. The Morgan fingerprint density at radius 3 is 2.72 bits per heavy atom. The summed E-state index contributed by atoms with van der Waals surface area (Å²) in [6.07, 6.45) is 1.55. The van der Waals surface area contributed by atoms with Crippen LogP contribution in [-0.4, -0.2) is 37.0 Å². The molecule has 1 atom stereocenters. The summed E-state index contributed by atoms with van der Waals surface area (Å²) >= 11 is 0. The van der Waals surface area contributed by atoms with E-state index in [1.807, 2.05) is 26.0 Å². The van der Waals surface area contributed by atoms with Crippen LogP contribution in [0.5, 0.6) is 0 Å². The number of benzene rings is 1. The Balaban J connectivity index is 2.42. The lowest BCUT2D eigenvalue weighted by Crippen LogP contribution is -2.37. The van der Waals surface area contributed by atoms with Gasteiger partial charge in [-0.05, 0) is 38.3 Å². The van der Waals surface area contributed by atoms with Crippen LogP contribution in [0.2, 0.25) is 0 Å². The molecule has 1 heterocycles. The minimum atomic E-state index is -3.47. The van der Waals surface area contributed by atoms with Gasteiger partial charge in [0.05, 0.1) is 11.5 Å². The van der Waals surface area contributed by atoms with Crippen LogP contribution in [-0.2, 0) is 10.0 Å². The highest BCUT2D eigenvalue weighted by Gasteiger charge is 2.35. The van der Waals surface area contributed by atoms with Crippen LogP contribution in [0, 0.1) is 13.8 Å². The van der Waals surface area contributed by atoms with Crippen molar-refractivity contribution in [2.24, 2.45) is 0 Å². The topological polar surface area (TPSA) is 57.6 Å². The lowest BCUT2D eigenvalue weighted by Gasteiger charge is -2.23. The van der Waals surface area contributed by atoms with Gasteiger partial charge in [0, 0.05) is 12.6 Å². The van der Waals surface area contributed by atoms with Crippen molar-refractivity contribution in [3.05, 3.63) is 29.3 Å². The van der Waals surface area contributed by atoms with E-state index in [9.17, 15) is 13.5 Å². The predicted molar refractivity (Wildman–Crippen MR) is 69.9 cm³/mol. The van der Waals surface area contributed by atoms with E-state index >= 15 is 0 Å². The molecule has 1 aliphatic rings. The Hall–Kier alpha value is -0.910. The molecule has 1 unspecified atom stereocenters. The third-order valence-corrected chi connectivity index (χ3v) is 5.56. The van der Waals surface area contributed by atoms with Gasteiger partial charge >= 0.3 is 0 Å². The van der Waals surface area contributed by atoms with E-state index in [1.165, 1.54) is 4.31 Å². The Bertz CT molecular complexity index is 539. The number of hydrogen-bond donors (Lipinski definition) is 1. The standard InChI is InChI=1S/C13H19NO3S/c1-10-5-6-13(11(2)8-10)18(16,17)14-7-3-4-12(14)9-15/h5-6,8,12,15H,3-4,7,9H2,1-2H3. The second-order valence-electron chi connectivity index (χ2n) is 4.86. The van der Waals surface area contributed by atoms with Gasteiger partial charge < -0.3 is 5.11 Å². The summed E-state index contributed by atoms with van der Waals surface area (Å²) < 4.78 is 26.5. The average molecular weight is 269 g/mol. The average Bonchev–Trinajstić information content (AvgIpc) is 2.76. The van der Waals surface area contributed by atoms with E-state index in [0.717, 1.165) is 24.0 Å². The molecular formula is C13H19NO3S. The summed E-state index contributed by atoms with van der Waals surface area (Å²) in [5.41, 5.74) is 1.81. The van der Waals surface area contributed by atoms with Crippen LogP contribution < -0.4 is 0 Å². The first-order valence-electron chi connectivity index (χ1n) is 6.17. The van der Waals surface area contributed by atoms with Crippen LogP contribution >= 0.6 is 0 Å². The zero-order chi connectivity index (χ0) is 13.3. The molecule has 0 saturated carbocycles. The summed E-state index contributed by atoms with van der Waals surface area (Å²) in [6, 6.07) is 5.07. The van der Waals surface area contributed by atoms with Crippen molar-refractivity contribution in [1.29, 1.82) is 0 Å². The van der Waals surface area contributed by atoms with Gasteiger partial charge in [-0.3, -0.25) is 0 Å². The molecule has 1 saturated heterocycles. The van der Waals surface area contributed by atoms with Gasteiger partial charge in [-0.25, -0.2) is 8.42 Å². The van der Waals surface area contributed by atoms with E-state index < -0.39 is 10.0 Å². The number of aliphatic hydroxyl groups excluding tert-OH is 1. The number of aliphatic hydroxyl groups is 1. The largest absolute Gasteiger partial charge is 0.395 e. The fraction of sp³-hybridized carbons (Fsp3) is 0.538. The minimum Gasteiger partial charge on any atom is -0.395 e. The van der Waals surface area contributed by atoms with E-state index in [4.69, 9.17) is 0 Å². The van der Waals surface area contributed by atoms with Crippen molar-refractivity contribution in [3.63, 3.8) is 0 Å². The van der Waals surface area contributed by atoms with Gasteiger partial charge in [0.25, 0.3) is 0 Å². The zero-order valence-corrected chi connectivity index (χ0v) is 11.6. The first-order chi connectivity index (χ1) is 8.46. The van der Waals surface area contributed by atoms with Gasteiger partial charge in [0.2, 0.25) is 10.0 Å². The maximum atomic E-state index is 12.6. The maximum absolute atomic E-state index is 12.6. The van der Waals surface area contributed by atoms with E-state index in [-0.39, 0.29) is 12.6 Å². The van der Waals surface area contributed by atoms with Gasteiger partial charge in [0.1, 0.15) is 0 Å². The molecule has 0 radical (unpaired) electrons. The first kappa shape index (κ1) is 13.5. The zero-order valence-electron chi connectivity index (χ0n) is 10.8. The molecular weight excluding hydrogens is 250 g/mol. The maximum Gasteiger partial charge on any atom is 0.243 e. The number of aryl methyl sites for hydroxylation is 2. The summed E-state index contributed by atoms with van der Waals surface area (Å²) in [7, 11) is -3.47. The third kappa shape index (κ3) is 2.30. The van der Waals surface area contributed by atoms with Crippen LogP contribution in [0.25, 0.3) is 0 Å². The van der Waals surface area contributed by atoms with Crippen molar-refractivity contribution in [2.45, 2.75) is 37.6 Å². The summed E-state index contributed by atoms with van der Waals surface area (Å²) in [4.78, 5) is 0.355. The first-order valence-corrected chi connectivity index (χ1v) is 7.61. The van der Waals surface area contributed by atoms with Crippen LogP contribution in [0.3, 0.4) is 0 Å². The van der Waals surface area contributed by atoms with Crippen molar-refractivity contribution >= 4 is 10.0 Å². The highest BCUT2D eigenvalue weighted by Crippen LogP contribution is 2.27. The second kappa shape index (κ2) is 4.99. The van der Waals surface area contributed by atoms with Gasteiger partial charge in [-0.15, -0.1) is 0 Å². The fourth-order valence-electron chi connectivity index (χ4n) is 2.52. The molecule has 0 bridgehead atoms. The molecule has 18 heavy (non-hydrogen) atoms. The number of nitrogens with zero attached hydrogens (tertiary/aromatic N) is 1. The Labute approximate surface area is 108 Å². The number of rotatable bonds is 3. The smallest absolute Gasteiger partial charge is 0.243 e. The Morgan fingerprint density at radius 1 is 1.39 bits per heavy atom. The molecule has 0 spiro atoms. The minimum absolute atomic E-state index is 0.107. The SMILES string of the molecule is Cc1ccc(S(=O)(=O)N2CCCC2CO)c(C)c1. The molecule has 0 amide bonds. The lowest BCUT2D eigenvalue weighted by atomic mass is 10.2. The fourth-order valence-corrected chi connectivity index (χ4v) is 4.42. The van der Waals surface area contributed by atoms with Crippen molar-refractivity contribution in [1.82, 2.24) is 4.31 Å². The molecule has 1 fully saturated rings. The number of sulfonamides is 1. The molecule has 1 N–H and O–H groups in total. The summed E-state index contributed by atoms with van der Waals surface area (Å²) in [5.74, 6) is 0.